The van der Waals surface area contributed by atoms with Crippen LogP contribution in [0.25, 0.3) is 0 Å². The highest BCUT2D eigenvalue weighted by Gasteiger charge is 2.10. The lowest BCUT2D eigenvalue weighted by molar-refractivity contribution is 0.0954. The summed E-state index contributed by atoms with van der Waals surface area (Å²) in [6.07, 6.45) is 9.06. The van der Waals surface area contributed by atoms with E-state index in [1.54, 1.807) is 0 Å². The summed E-state index contributed by atoms with van der Waals surface area (Å²) >= 11 is 3.52. The van der Waals surface area contributed by atoms with Crippen LogP contribution in [0.1, 0.15) is 48.0 Å². The van der Waals surface area contributed by atoms with Crippen LogP contribution >= 0.6 is 15.9 Å². The Bertz CT molecular complexity index is 786. The molecule has 1 aliphatic carbocycles. The van der Waals surface area contributed by atoms with Crippen molar-refractivity contribution in [1.82, 2.24) is 5.32 Å². The quantitative estimate of drug-likeness (QED) is 0.549. The lowest BCUT2D eigenvalue weighted by Gasteiger charge is -2.13. The van der Waals surface area contributed by atoms with Gasteiger partial charge in [-0.1, -0.05) is 42.0 Å². The number of ether oxygens (including phenoxy) is 1. The van der Waals surface area contributed by atoms with Crippen LogP contribution in [0.15, 0.2) is 64.7 Å². The van der Waals surface area contributed by atoms with Crippen LogP contribution in [-0.2, 0) is 6.42 Å². The molecule has 4 heteroatoms. The van der Waals surface area contributed by atoms with Gasteiger partial charge < -0.3 is 10.1 Å². The Kier molecular flexibility index (Phi) is 7.52. The highest BCUT2D eigenvalue weighted by atomic mass is 79.9. The van der Waals surface area contributed by atoms with Crippen LogP contribution in [0.3, 0.4) is 0 Å². The first-order chi connectivity index (χ1) is 13.2. The van der Waals surface area contributed by atoms with Crippen LogP contribution in [-0.4, -0.2) is 19.1 Å². The molecule has 0 spiro atoms. The zero-order valence-corrected chi connectivity index (χ0v) is 17.1. The van der Waals surface area contributed by atoms with Crippen molar-refractivity contribution < 1.29 is 9.53 Å². The van der Waals surface area contributed by atoms with Crippen LogP contribution in [0.2, 0.25) is 0 Å². The molecular weight excluding hydrogens is 402 g/mol. The van der Waals surface area contributed by atoms with E-state index in [4.69, 9.17) is 4.74 Å². The molecule has 1 amide bonds. The summed E-state index contributed by atoms with van der Waals surface area (Å²) in [4.78, 5) is 12.4. The van der Waals surface area contributed by atoms with Crippen molar-refractivity contribution in [3.8, 4) is 5.75 Å². The van der Waals surface area contributed by atoms with Crippen molar-refractivity contribution in [1.29, 1.82) is 0 Å². The monoisotopic (exact) mass is 427 g/mol. The van der Waals surface area contributed by atoms with Crippen molar-refractivity contribution in [2.75, 3.05) is 13.2 Å². The lowest BCUT2D eigenvalue weighted by Crippen LogP contribution is -2.24. The second-order valence-electron chi connectivity index (χ2n) is 6.84. The normalized spacial score (nSPS) is 13.7. The third-order valence-electron chi connectivity index (χ3n) is 4.80. The molecule has 1 N–H and O–H groups in total. The van der Waals surface area contributed by atoms with Gasteiger partial charge in [-0.2, -0.15) is 0 Å². The Morgan fingerprint density at radius 1 is 1.07 bits per heavy atom. The molecule has 3 rings (SSSR count). The van der Waals surface area contributed by atoms with Crippen molar-refractivity contribution in [2.45, 2.75) is 38.5 Å². The number of allylic oxidation sites excluding steroid dienone is 1. The van der Waals surface area contributed by atoms with Gasteiger partial charge in [0.2, 0.25) is 0 Å². The highest BCUT2D eigenvalue weighted by molar-refractivity contribution is 9.10. The minimum absolute atomic E-state index is 0.0389. The molecule has 3 nitrogen and oxygen atoms in total. The maximum Gasteiger partial charge on any atom is 0.251 e. The molecule has 0 bridgehead atoms. The van der Waals surface area contributed by atoms with Gasteiger partial charge >= 0.3 is 0 Å². The predicted molar refractivity (Wildman–Crippen MR) is 113 cm³/mol. The minimum Gasteiger partial charge on any atom is -0.492 e. The molecule has 0 radical (unpaired) electrons. The van der Waals surface area contributed by atoms with Gasteiger partial charge in [-0.25, -0.2) is 0 Å². The zero-order valence-electron chi connectivity index (χ0n) is 15.5. The minimum atomic E-state index is -0.0389. The molecule has 0 saturated carbocycles. The van der Waals surface area contributed by atoms with E-state index >= 15 is 0 Å². The molecule has 0 saturated heterocycles. The average molecular weight is 428 g/mol. The number of rotatable bonds is 8. The number of carbonyl (C=O) groups excluding carboxylic acids is 1. The summed E-state index contributed by atoms with van der Waals surface area (Å²) in [7, 11) is 0. The third kappa shape index (κ3) is 6.24. The maximum absolute atomic E-state index is 12.4. The molecule has 27 heavy (non-hydrogen) atoms. The van der Waals surface area contributed by atoms with E-state index in [-0.39, 0.29) is 5.91 Å². The fourth-order valence-electron chi connectivity index (χ4n) is 3.25. The van der Waals surface area contributed by atoms with Crippen LogP contribution in [0.5, 0.6) is 5.75 Å². The molecule has 1 aliphatic rings. The second kappa shape index (κ2) is 10.3. The van der Waals surface area contributed by atoms with E-state index in [0.29, 0.717) is 18.7 Å². The summed E-state index contributed by atoms with van der Waals surface area (Å²) in [5.74, 6) is 0.720. The zero-order chi connectivity index (χ0) is 18.9. The third-order valence-corrected chi connectivity index (χ3v) is 5.42. The second-order valence-corrected chi connectivity index (χ2v) is 7.70. The lowest BCUT2D eigenvalue weighted by atomic mass is 9.97. The first-order valence-electron chi connectivity index (χ1n) is 9.65. The standard InChI is InChI=1S/C23H26BrNO2/c24-21-17-20(23(26)25-15-13-18-7-3-1-4-8-18)11-12-22(21)27-16-14-19-9-5-2-6-10-19/h2,5-7,9-12,17H,1,3-4,8,13-16H2,(H,25,26). The van der Waals surface area contributed by atoms with Gasteiger partial charge in [0.1, 0.15) is 5.75 Å². The molecule has 0 heterocycles. The Hall–Kier alpha value is -2.07. The van der Waals surface area contributed by atoms with E-state index in [0.717, 1.165) is 23.1 Å². The van der Waals surface area contributed by atoms with Gasteiger partial charge in [-0.05, 0) is 71.8 Å². The topological polar surface area (TPSA) is 38.3 Å². The van der Waals surface area contributed by atoms with Crippen LogP contribution in [0.4, 0.5) is 0 Å². The van der Waals surface area contributed by atoms with Crippen molar-refractivity contribution >= 4 is 21.8 Å². The van der Waals surface area contributed by atoms with Gasteiger partial charge in [0.05, 0.1) is 11.1 Å². The summed E-state index contributed by atoms with van der Waals surface area (Å²) in [5.41, 5.74) is 3.37. The number of halogens is 1. The van der Waals surface area contributed by atoms with Crippen LogP contribution < -0.4 is 10.1 Å². The summed E-state index contributed by atoms with van der Waals surface area (Å²) < 4.78 is 6.65. The molecule has 2 aromatic carbocycles. The Morgan fingerprint density at radius 2 is 1.93 bits per heavy atom. The van der Waals surface area contributed by atoms with Crippen molar-refractivity contribution in [2.24, 2.45) is 0 Å². The predicted octanol–water partition coefficient (Wildman–Crippen LogP) is 5.69. The fourth-order valence-corrected chi connectivity index (χ4v) is 3.75. The summed E-state index contributed by atoms with van der Waals surface area (Å²) in [6.45, 7) is 1.29. The largest absolute Gasteiger partial charge is 0.492 e. The molecule has 2 aromatic rings. The SMILES string of the molecule is O=C(NCCC1=CCCCC1)c1ccc(OCCc2ccccc2)c(Br)c1. The van der Waals surface area contributed by atoms with Crippen molar-refractivity contribution in [3.05, 3.63) is 75.8 Å². The molecule has 0 aromatic heterocycles. The molecule has 142 valence electrons. The van der Waals surface area contributed by atoms with Crippen molar-refractivity contribution in [3.63, 3.8) is 0 Å². The first-order valence-corrected chi connectivity index (χ1v) is 10.4. The number of hydrogen-bond donors (Lipinski definition) is 1. The Balaban J connectivity index is 1.46. The highest BCUT2D eigenvalue weighted by Crippen LogP contribution is 2.26. The van der Waals surface area contributed by atoms with Crippen LogP contribution in [0, 0.1) is 0 Å². The number of benzene rings is 2. The summed E-state index contributed by atoms with van der Waals surface area (Å²) in [5, 5.41) is 3.02. The molecule has 0 atom stereocenters. The van der Waals surface area contributed by atoms with Gasteiger partial charge in [0, 0.05) is 18.5 Å². The fraction of sp³-hybridized carbons (Fsp3) is 0.348. The number of amides is 1. The smallest absolute Gasteiger partial charge is 0.251 e. The number of carbonyl (C=O) groups is 1. The first kappa shape index (κ1) is 19.7. The molecule has 0 aliphatic heterocycles. The molecule has 0 fully saturated rings. The van der Waals surface area contributed by atoms with Gasteiger partial charge in [0.15, 0.2) is 0 Å². The van der Waals surface area contributed by atoms with E-state index in [1.807, 2.05) is 36.4 Å². The Morgan fingerprint density at radius 3 is 2.67 bits per heavy atom. The number of hydrogen-bond acceptors (Lipinski definition) is 2. The number of nitrogens with one attached hydrogen (secondary N) is 1. The van der Waals surface area contributed by atoms with E-state index < -0.39 is 0 Å². The molecular formula is C23H26BrNO2. The summed E-state index contributed by atoms with van der Waals surface area (Å²) in [6, 6.07) is 15.8. The Labute approximate surface area is 169 Å². The van der Waals surface area contributed by atoms with Gasteiger partial charge in [0.25, 0.3) is 5.91 Å². The van der Waals surface area contributed by atoms with Gasteiger partial charge in [-0.3, -0.25) is 4.79 Å². The van der Waals surface area contributed by atoms with Gasteiger partial charge in [-0.15, -0.1) is 0 Å². The average Bonchev–Trinajstić information content (AvgIpc) is 2.71. The van der Waals surface area contributed by atoms with E-state index in [2.05, 4.69) is 39.5 Å². The van der Waals surface area contributed by atoms with E-state index in [1.165, 1.54) is 36.8 Å². The molecule has 0 unspecified atom stereocenters. The maximum atomic E-state index is 12.4. The van der Waals surface area contributed by atoms with E-state index in [9.17, 15) is 4.79 Å².